The molecule has 0 aliphatic carbocycles. The predicted octanol–water partition coefficient (Wildman–Crippen LogP) is 2.91. The minimum Gasteiger partial charge on any atom is -0.508 e. The van der Waals surface area contributed by atoms with E-state index >= 15 is 0 Å². The molecule has 0 radical (unpaired) electrons. The summed E-state index contributed by atoms with van der Waals surface area (Å²) in [5.74, 6) is 0.307. The summed E-state index contributed by atoms with van der Waals surface area (Å²) in [4.78, 5) is 30.6. The number of aromatic nitrogens is 1. The average Bonchev–Trinajstić information content (AvgIpc) is 2.72. The molecule has 7 nitrogen and oxygen atoms in total. The van der Waals surface area contributed by atoms with Crippen molar-refractivity contribution in [2.24, 2.45) is 0 Å². The molecule has 2 aromatic rings. The number of halogens is 1. The quantitative estimate of drug-likeness (QED) is 0.646. The molecular formula is C20H23ClN4O3. The number of anilines is 1. The van der Waals surface area contributed by atoms with Crippen LogP contribution in [0.15, 0.2) is 36.5 Å². The van der Waals surface area contributed by atoms with Gasteiger partial charge in [0.2, 0.25) is 0 Å². The Balaban J connectivity index is 1.48. The zero-order valence-corrected chi connectivity index (χ0v) is 16.2. The topological polar surface area (TPSA) is 94.6 Å². The van der Waals surface area contributed by atoms with Gasteiger partial charge >= 0.3 is 0 Å². The van der Waals surface area contributed by atoms with Crippen LogP contribution in [0, 0.1) is 0 Å². The number of amides is 2. The van der Waals surface area contributed by atoms with Gasteiger partial charge in [0.15, 0.2) is 0 Å². The summed E-state index contributed by atoms with van der Waals surface area (Å²) in [6.45, 7) is 2.34. The lowest BCUT2D eigenvalue weighted by atomic mass is 10.1. The minimum absolute atomic E-state index is 0.0400. The molecule has 0 unspecified atom stereocenters. The molecule has 1 aliphatic rings. The van der Waals surface area contributed by atoms with E-state index in [4.69, 9.17) is 11.6 Å². The van der Waals surface area contributed by atoms with E-state index in [1.807, 2.05) is 4.90 Å². The Morgan fingerprint density at radius 3 is 2.46 bits per heavy atom. The van der Waals surface area contributed by atoms with Gasteiger partial charge < -0.3 is 20.6 Å². The molecule has 3 rings (SSSR count). The fourth-order valence-electron chi connectivity index (χ4n) is 3.04. The van der Waals surface area contributed by atoms with Crippen LogP contribution in [0.2, 0.25) is 5.02 Å². The maximum absolute atomic E-state index is 12.5. The number of benzene rings is 1. The number of hydrogen-bond acceptors (Lipinski definition) is 5. The van der Waals surface area contributed by atoms with Crippen molar-refractivity contribution in [3.05, 3.63) is 52.7 Å². The summed E-state index contributed by atoms with van der Waals surface area (Å²) in [6, 6.07) is 7.65. The molecular weight excluding hydrogens is 380 g/mol. The van der Waals surface area contributed by atoms with E-state index in [0.29, 0.717) is 35.1 Å². The maximum Gasteiger partial charge on any atom is 0.255 e. The second kappa shape index (κ2) is 9.41. The molecule has 0 bridgehead atoms. The third-order valence-electron chi connectivity index (χ3n) is 4.56. The molecule has 2 heterocycles. The number of carbonyl (C=O) groups excluding carboxylic acids is 2. The highest BCUT2D eigenvalue weighted by atomic mass is 35.5. The molecule has 28 heavy (non-hydrogen) atoms. The van der Waals surface area contributed by atoms with Crippen LogP contribution in [-0.2, 0) is 0 Å². The van der Waals surface area contributed by atoms with E-state index in [9.17, 15) is 14.7 Å². The number of nitrogens with zero attached hydrogens (tertiary/aromatic N) is 2. The number of phenolic OH excluding ortho intramolecular Hbond substituents is 1. The number of rotatable bonds is 6. The molecule has 1 aromatic carbocycles. The summed E-state index contributed by atoms with van der Waals surface area (Å²) in [7, 11) is 0. The third kappa shape index (κ3) is 5.13. The number of aromatic hydroxyl groups is 1. The summed E-state index contributed by atoms with van der Waals surface area (Å²) in [5, 5.41) is 15.4. The van der Waals surface area contributed by atoms with Gasteiger partial charge in [0, 0.05) is 37.9 Å². The number of hydrogen-bond donors (Lipinski definition) is 3. The van der Waals surface area contributed by atoms with E-state index in [2.05, 4.69) is 15.6 Å². The Bertz CT molecular complexity index is 836. The van der Waals surface area contributed by atoms with Gasteiger partial charge in [0.25, 0.3) is 11.8 Å². The van der Waals surface area contributed by atoms with Crippen molar-refractivity contribution in [3.8, 4) is 5.75 Å². The molecule has 1 aromatic heterocycles. The Morgan fingerprint density at radius 2 is 1.79 bits per heavy atom. The number of nitrogens with one attached hydrogen (secondary N) is 2. The van der Waals surface area contributed by atoms with Gasteiger partial charge in [-0.05, 0) is 49.6 Å². The van der Waals surface area contributed by atoms with E-state index in [-0.39, 0.29) is 17.6 Å². The zero-order chi connectivity index (χ0) is 19.9. The summed E-state index contributed by atoms with van der Waals surface area (Å²) in [6.07, 6.45) is 4.75. The SMILES string of the molecule is O=C(NCCNc1ncc(C(=O)N2CCCCC2)cc1Cl)c1ccc(O)cc1. The predicted molar refractivity (Wildman–Crippen MR) is 108 cm³/mol. The molecule has 148 valence electrons. The molecule has 0 spiro atoms. The first-order valence-corrected chi connectivity index (χ1v) is 9.68. The molecule has 1 saturated heterocycles. The number of phenols is 1. The van der Waals surface area contributed by atoms with Gasteiger partial charge in [-0.3, -0.25) is 9.59 Å². The van der Waals surface area contributed by atoms with Crippen molar-refractivity contribution in [1.29, 1.82) is 0 Å². The molecule has 0 saturated carbocycles. The van der Waals surface area contributed by atoms with Crippen LogP contribution in [0.4, 0.5) is 5.82 Å². The van der Waals surface area contributed by atoms with E-state index in [1.54, 1.807) is 18.2 Å². The van der Waals surface area contributed by atoms with Crippen LogP contribution >= 0.6 is 11.6 Å². The van der Waals surface area contributed by atoms with Gasteiger partial charge in [-0.25, -0.2) is 4.98 Å². The number of likely N-dealkylation sites (tertiary alicyclic amines) is 1. The van der Waals surface area contributed by atoms with Crippen LogP contribution in [0.3, 0.4) is 0 Å². The van der Waals surface area contributed by atoms with Gasteiger partial charge in [-0.2, -0.15) is 0 Å². The number of piperidine rings is 1. The number of pyridine rings is 1. The van der Waals surface area contributed by atoms with Crippen LogP contribution in [-0.4, -0.2) is 53.0 Å². The van der Waals surface area contributed by atoms with Gasteiger partial charge in [-0.1, -0.05) is 11.6 Å². The zero-order valence-electron chi connectivity index (χ0n) is 15.4. The fraction of sp³-hybridized carbons (Fsp3) is 0.350. The van der Waals surface area contributed by atoms with Crippen molar-refractivity contribution in [2.45, 2.75) is 19.3 Å². The average molecular weight is 403 g/mol. The fourth-order valence-corrected chi connectivity index (χ4v) is 3.27. The van der Waals surface area contributed by atoms with Crippen LogP contribution in [0.5, 0.6) is 5.75 Å². The van der Waals surface area contributed by atoms with E-state index < -0.39 is 0 Å². The van der Waals surface area contributed by atoms with Crippen LogP contribution in [0.25, 0.3) is 0 Å². The van der Waals surface area contributed by atoms with Gasteiger partial charge in [-0.15, -0.1) is 0 Å². The highest BCUT2D eigenvalue weighted by molar-refractivity contribution is 6.33. The summed E-state index contributed by atoms with van der Waals surface area (Å²) >= 11 is 6.26. The second-order valence-corrected chi connectivity index (χ2v) is 7.04. The highest BCUT2D eigenvalue weighted by Crippen LogP contribution is 2.21. The first-order valence-electron chi connectivity index (χ1n) is 9.30. The molecule has 0 atom stereocenters. The van der Waals surface area contributed by atoms with E-state index in [1.165, 1.54) is 18.3 Å². The normalized spacial score (nSPS) is 13.8. The van der Waals surface area contributed by atoms with Crippen molar-refractivity contribution in [2.75, 3.05) is 31.5 Å². The van der Waals surface area contributed by atoms with Gasteiger partial charge in [0.05, 0.1) is 10.6 Å². The summed E-state index contributed by atoms with van der Waals surface area (Å²) < 4.78 is 0. The van der Waals surface area contributed by atoms with Crippen LogP contribution < -0.4 is 10.6 Å². The smallest absolute Gasteiger partial charge is 0.255 e. The van der Waals surface area contributed by atoms with Crippen molar-refractivity contribution < 1.29 is 14.7 Å². The molecule has 8 heteroatoms. The summed E-state index contributed by atoms with van der Waals surface area (Å²) in [5.41, 5.74) is 0.951. The first-order chi connectivity index (χ1) is 13.5. The lowest BCUT2D eigenvalue weighted by molar-refractivity contribution is 0.0723. The molecule has 1 fully saturated rings. The first kappa shape index (κ1) is 19.9. The maximum atomic E-state index is 12.5. The Kier molecular flexibility index (Phi) is 6.71. The largest absolute Gasteiger partial charge is 0.508 e. The lowest BCUT2D eigenvalue weighted by Gasteiger charge is -2.26. The van der Waals surface area contributed by atoms with Crippen LogP contribution in [0.1, 0.15) is 40.0 Å². The Morgan fingerprint density at radius 1 is 1.07 bits per heavy atom. The van der Waals surface area contributed by atoms with Gasteiger partial charge in [0.1, 0.15) is 11.6 Å². The monoisotopic (exact) mass is 402 g/mol. The minimum atomic E-state index is -0.233. The highest BCUT2D eigenvalue weighted by Gasteiger charge is 2.19. The standard InChI is InChI=1S/C20H23ClN4O3/c21-17-12-15(20(28)25-10-2-1-3-11-25)13-24-18(17)22-8-9-23-19(27)14-4-6-16(26)7-5-14/h4-7,12-13,26H,1-3,8-11H2,(H,22,24)(H,23,27). The third-order valence-corrected chi connectivity index (χ3v) is 4.85. The lowest BCUT2D eigenvalue weighted by Crippen LogP contribution is -2.35. The van der Waals surface area contributed by atoms with Crippen molar-refractivity contribution in [1.82, 2.24) is 15.2 Å². The molecule has 1 aliphatic heterocycles. The van der Waals surface area contributed by atoms with E-state index in [0.717, 1.165) is 32.4 Å². The molecule has 3 N–H and O–H groups in total. The molecule has 2 amide bonds. The Labute approximate surface area is 168 Å². The van der Waals surface area contributed by atoms with Crippen molar-refractivity contribution in [3.63, 3.8) is 0 Å². The van der Waals surface area contributed by atoms with Crippen molar-refractivity contribution >= 4 is 29.2 Å². The number of carbonyl (C=O) groups is 2. The second-order valence-electron chi connectivity index (χ2n) is 6.64. The Hall–Kier alpha value is -2.80.